The fourth-order valence-corrected chi connectivity index (χ4v) is 5.37. The van der Waals surface area contributed by atoms with Crippen LogP contribution < -0.4 is 4.74 Å². The van der Waals surface area contributed by atoms with Crippen LogP contribution in [-0.4, -0.2) is 46.0 Å². The third-order valence-corrected chi connectivity index (χ3v) is 8.67. The number of halogens is 6. The van der Waals surface area contributed by atoms with E-state index >= 15 is 0 Å². The predicted octanol–water partition coefficient (Wildman–Crippen LogP) is 7.96. The first-order valence-corrected chi connectivity index (χ1v) is 14.1. The summed E-state index contributed by atoms with van der Waals surface area (Å²) in [7, 11) is 0. The molecule has 0 fully saturated rings. The van der Waals surface area contributed by atoms with E-state index in [1.807, 2.05) is 0 Å². The summed E-state index contributed by atoms with van der Waals surface area (Å²) in [6.45, 7) is -0.813. The number of Topliss-reactive ketones (excluding diaryl/α,β-unsaturated/α-hetero) is 1. The molecule has 0 aliphatic carbocycles. The van der Waals surface area contributed by atoms with Gasteiger partial charge in [0, 0.05) is 11.1 Å². The van der Waals surface area contributed by atoms with Crippen LogP contribution in [0.1, 0.15) is 52.0 Å². The molecule has 9 nitrogen and oxygen atoms in total. The van der Waals surface area contributed by atoms with Crippen LogP contribution in [0.3, 0.4) is 0 Å². The average Bonchev–Trinajstić information content (AvgIpc) is 3.62. The Hall–Kier alpha value is -3.57. The first kappa shape index (κ1) is 30.9. The van der Waals surface area contributed by atoms with Crippen LogP contribution in [0.4, 0.5) is 0 Å². The molecule has 4 aromatic rings. The molecule has 2 heterocycles. The van der Waals surface area contributed by atoms with E-state index in [-0.39, 0.29) is 52.8 Å². The number of hydrogen-bond donors (Lipinski definition) is 0. The van der Waals surface area contributed by atoms with E-state index in [2.05, 4.69) is 0 Å². The summed E-state index contributed by atoms with van der Waals surface area (Å²) in [5.41, 5.74) is -0.850. The highest BCUT2D eigenvalue weighted by Gasteiger charge is 2.46. The van der Waals surface area contributed by atoms with Crippen molar-refractivity contribution in [1.29, 1.82) is 0 Å². The quantitative estimate of drug-likeness (QED) is 0.0480. The first-order valence-electron chi connectivity index (χ1n) is 11.8. The molecule has 0 bridgehead atoms. The minimum absolute atomic E-state index is 0.00508. The lowest BCUT2D eigenvalue weighted by atomic mass is 10.1. The molecule has 0 spiro atoms. The molecule has 1 aliphatic rings. The number of ether oxygens (including phenoxy) is 1. The highest BCUT2D eigenvalue weighted by Crippen LogP contribution is 2.45. The Morgan fingerprint density at radius 1 is 0.744 bits per heavy atom. The molecule has 0 saturated heterocycles. The van der Waals surface area contributed by atoms with Gasteiger partial charge in [0.1, 0.15) is 12.3 Å². The van der Waals surface area contributed by atoms with E-state index in [0.29, 0.717) is 10.0 Å². The predicted molar refractivity (Wildman–Crippen MR) is 159 cm³/mol. The number of carbonyl (C=O) groups is 5. The monoisotopic (exact) mass is 698 g/mol. The summed E-state index contributed by atoms with van der Waals surface area (Å²) >= 11 is 36.8. The number of rotatable bonds is 7. The molecule has 1 aromatic heterocycles. The molecule has 0 atom stereocenters. The van der Waals surface area contributed by atoms with E-state index in [0.717, 1.165) is 0 Å². The van der Waals surface area contributed by atoms with Gasteiger partial charge in [0.25, 0.3) is 17.7 Å². The van der Waals surface area contributed by atoms with Crippen molar-refractivity contribution in [3.05, 3.63) is 119 Å². The normalized spacial score (nSPS) is 12.4. The van der Waals surface area contributed by atoms with Gasteiger partial charge in [-0.2, -0.15) is 5.01 Å². The number of imide groups is 1. The number of nitrogens with zero attached hydrogens (tertiary/aromatic N) is 2. The number of ketones is 1. The Morgan fingerprint density at radius 2 is 1.33 bits per heavy atom. The lowest BCUT2D eigenvalue weighted by Gasteiger charge is -2.29. The summed E-state index contributed by atoms with van der Waals surface area (Å²) < 4.78 is 10.2. The van der Waals surface area contributed by atoms with Crippen LogP contribution in [0.15, 0.2) is 65.3 Å². The maximum atomic E-state index is 13.7. The van der Waals surface area contributed by atoms with E-state index in [1.165, 1.54) is 60.9 Å². The maximum Gasteiger partial charge on any atom is 0.379 e. The molecule has 1 aliphatic heterocycles. The zero-order valence-electron chi connectivity index (χ0n) is 21.0. The van der Waals surface area contributed by atoms with Crippen molar-refractivity contribution in [2.45, 2.75) is 0 Å². The summed E-state index contributed by atoms with van der Waals surface area (Å²) in [5, 5.41) is -0.0892. The van der Waals surface area contributed by atoms with Crippen molar-refractivity contribution in [2.75, 3.05) is 6.54 Å². The molecule has 5 rings (SSSR count). The van der Waals surface area contributed by atoms with Crippen LogP contribution in [0.25, 0.3) is 0 Å². The van der Waals surface area contributed by atoms with Gasteiger partial charge in [0.2, 0.25) is 5.76 Å². The van der Waals surface area contributed by atoms with Gasteiger partial charge < -0.3 is 9.15 Å². The van der Waals surface area contributed by atoms with Crippen LogP contribution in [0, 0.1) is 0 Å². The van der Waals surface area contributed by atoms with E-state index < -0.39 is 47.1 Å². The second-order valence-corrected chi connectivity index (χ2v) is 11.1. The summed E-state index contributed by atoms with van der Waals surface area (Å²) in [6, 6.07) is 12.1. The van der Waals surface area contributed by atoms with Crippen LogP contribution in [0.5, 0.6) is 5.75 Å². The lowest BCUT2D eigenvalue weighted by molar-refractivity contribution is 0.00532. The number of hydrogen-bond acceptors (Lipinski definition) is 7. The minimum atomic E-state index is -1.08. The van der Waals surface area contributed by atoms with Gasteiger partial charge >= 0.3 is 5.97 Å². The number of esters is 1. The highest BCUT2D eigenvalue weighted by atomic mass is 35.5. The fraction of sp³-hybridized carbons (Fsp3) is 0.0357. The third-order valence-electron chi connectivity index (χ3n) is 6.12. The van der Waals surface area contributed by atoms with Crippen LogP contribution in [0.2, 0.25) is 30.1 Å². The van der Waals surface area contributed by atoms with Gasteiger partial charge in [0.05, 0.1) is 47.5 Å². The number of carbonyl (C=O) groups excluding carboxylic acids is 5. The van der Waals surface area contributed by atoms with E-state index in [1.54, 1.807) is 0 Å². The minimum Gasteiger partial charge on any atom is -0.457 e. The Morgan fingerprint density at radius 3 is 1.86 bits per heavy atom. The number of fused-ring (bicyclic) bond motifs is 1. The average molecular weight is 701 g/mol. The molecule has 218 valence electrons. The van der Waals surface area contributed by atoms with Crippen LogP contribution >= 0.6 is 69.6 Å². The number of hydrazine groups is 1. The second-order valence-electron chi connectivity index (χ2n) is 8.73. The molecular weight excluding hydrogens is 689 g/mol. The molecule has 0 unspecified atom stereocenters. The smallest absolute Gasteiger partial charge is 0.379 e. The summed E-state index contributed by atoms with van der Waals surface area (Å²) in [6.07, 6.45) is 1.31. The molecule has 3 aromatic carbocycles. The molecular formula is C28H12Cl6N2O7. The van der Waals surface area contributed by atoms with Gasteiger partial charge in [-0.25, -0.2) is 9.80 Å². The number of amides is 3. The van der Waals surface area contributed by atoms with Crippen molar-refractivity contribution >= 4 is 99.1 Å². The molecule has 0 saturated carbocycles. The van der Waals surface area contributed by atoms with Gasteiger partial charge in [-0.15, -0.1) is 0 Å². The molecule has 0 N–H and O–H groups in total. The molecule has 15 heteroatoms. The van der Waals surface area contributed by atoms with Crippen LogP contribution in [-0.2, 0) is 0 Å². The van der Waals surface area contributed by atoms with Gasteiger partial charge in [-0.3, -0.25) is 19.2 Å². The Bertz CT molecular complexity index is 1790. The van der Waals surface area contributed by atoms with Crippen molar-refractivity contribution in [3.63, 3.8) is 0 Å². The topological polar surface area (TPSA) is 114 Å². The standard InChI is InChI=1S/C28H12Cl6N2O7/c29-15-8-5-13(10-16(15)30)25(38)35(36-26(39)19-20(27(36)40)22(32)24(34)23(33)21(19)31)11-17(37)12-3-6-14(7-4-12)43-28(41)18-2-1-9-42-18/h1-10H,11H2. The highest BCUT2D eigenvalue weighted by molar-refractivity contribution is 6.55. The van der Waals surface area contributed by atoms with Crippen molar-refractivity contribution in [2.24, 2.45) is 0 Å². The number of furan rings is 1. The summed E-state index contributed by atoms with van der Waals surface area (Å²) in [5.74, 6) is -4.51. The molecule has 43 heavy (non-hydrogen) atoms. The van der Waals surface area contributed by atoms with Gasteiger partial charge in [-0.1, -0.05) is 69.6 Å². The zero-order valence-corrected chi connectivity index (χ0v) is 25.5. The lowest BCUT2D eigenvalue weighted by Crippen LogP contribution is -2.51. The molecule has 0 radical (unpaired) electrons. The van der Waals surface area contributed by atoms with Gasteiger partial charge in [0.15, 0.2) is 5.78 Å². The van der Waals surface area contributed by atoms with Crippen molar-refractivity contribution in [1.82, 2.24) is 10.0 Å². The Labute approximate surface area is 272 Å². The SMILES string of the molecule is O=C(CN(C(=O)c1ccc(Cl)c(Cl)c1)N1C(=O)c2c(Cl)c(Cl)c(Cl)c(Cl)c2C1=O)c1ccc(OC(=O)c2ccco2)cc1. The largest absolute Gasteiger partial charge is 0.457 e. The van der Waals surface area contributed by atoms with E-state index in [9.17, 15) is 24.0 Å². The van der Waals surface area contributed by atoms with E-state index in [4.69, 9.17) is 78.8 Å². The maximum absolute atomic E-state index is 13.7. The second kappa shape index (κ2) is 12.2. The number of benzene rings is 3. The summed E-state index contributed by atoms with van der Waals surface area (Å²) in [4.78, 5) is 66.4. The Kier molecular flexibility index (Phi) is 8.76. The Balaban J connectivity index is 1.49. The third kappa shape index (κ3) is 5.72. The van der Waals surface area contributed by atoms with Gasteiger partial charge in [-0.05, 0) is 54.6 Å². The van der Waals surface area contributed by atoms with Crippen molar-refractivity contribution in [3.8, 4) is 5.75 Å². The molecule has 3 amide bonds. The first-order chi connectivity index (χ1) is 20.4. The van der Waals surface area contributed by atoms with Crippen molar-refractivity contribution < 1.29 is 33.1 Å². The fourth-order valence-electron chi connectivity index (χ4n) is 4.06. The zero-order chi connectivity index (χ0) is 31.2.